The second-order valence-corrected chi connectivity index (χ2v) is 2.72. The maximum absolute atomic E-state index is 3.73. The smallest absolute Gasteiger partial charge is 0.0402 e. The van der Waals surface area contributed by atoms with Gasteiger partial charge in [-0.15, -0.1) is 6.58 Å². The monoisotopic (exact) mass is 149 g/mol. The summed E-state index contributed by atoms with van der Waals surface area (Å²) in [7, 11) is 0. The third kappa shape index (κ3) is 1.53. The van der Waals surface area contributed by atoms with Crippen molar-refractivity contribution in [1.29, 1.82) is 0 Å². The molecule has 0 unspecified atom stereocenters. The molecular weight excluding hydrogens is 134 g/mol. The van der Waals surface area contributed by atoms with Gasteiger partial charge in [0.05, 0.1) is 0 Å². The highest BCUT2D eigenvalue weighted by molar-refractivity contribution is 5.15. The van der Waals surface area contributed by atoms with Crippen LogP contribution in [-0.2, 0) is 13.0 Å². The molecule has 1 nitrogen and oxygen atoms in total. The van der Waals surface area contributed by atoms with E-state index in [0.717, 1.165) is 13.0 Å². The minimum Gasteiger partial charge on any atom is -0.345 e. The largest absolute Gasteiger partial charge is 0.345 e. The van der Waals surface area contributed by atoms with Gasteiger partial charge in [-0.1, -0.05) is 13.0 Å². The number of nitrogens with zero attached hydrogens (tertiary/aromatic N) is 1. The van der Waals surface area contributed by atoms with Crippen LogP contribution in [0.5, 0.6) is 0 Å². The summed E-state index contributed by atoms with van der Waals surface area (Å²) >= 11 is 0. The van der Waals surface area contributed by atoms with Crippen molar-refractivity contribution in [2.75, 3.05) is 0 Å². The predicted octanol–water partition coefficient (Wildman–Crippen LogP) is 2.54. The van der Waals surface area contributed by atoms with Crippen LogP contribution in [0.2, 0.25) is 0 Å². The zero-order valence-corrected chi connectivity index (χ0v) is 7.30. The van der Waals surface area contributed by atoms with Crippen LogP contribution in [-0.4, -0.2) is 4.57 Å². The quantitative estimate of drug-likeness (QED) is 0.582. The molecule has 0 saturated heterocycles. The van der Waals surface area contributed by atoms with Gasteiger partial charge in [-0.2, -0.15) is 0 Å². The van der Waals surface area contributed by atoms with Crippen LogP contribution in [0, 0.1) is 6.92 Å². The molecule has 0 amide bonds. The van der Waals surface area contributed by atoms with E-state index in [1.165, 1.54) is 11.4 Å². The molecule has 0 radical (unpaired) electrons. The van der Waals surface area contributed by atoms with Crippen LogP contribution in [0.1, 0.15) is 18.3 Å². The summed E-state index contributed by atoms with van der Waals surface area (Å²) in [5, 5.41) is 0. The number of hydrogen-bond donors (Lipinski definition) is 0. The number of rotatable bonds is 3. The molecule has 1 aromatic heterocycles. The first-order valence-corrected chi connectivity index (χ1v) is 4.05. The lowest BCUT2D eigenvalue weighted by atomic mass is 10.3. The molecule has 0 atom stereocenters. The highest BCUT2D eigenvalue weighted by Gasteiger charge is 1.99. The highest BCUT2D eigenvalue weighted by atomic mass is 15.0. The Morgan fingerprint density at radius 2 is 2.27 bits per heavy atom. The van der Waals surface area contributed by atoms with E-state index in [1.807, 2.05) is 6.08 Å². The van der Waals surface area contributed by atoms with Gasteiger partial charge < -0.3 is 4.57 Å². The third-order valence-corrected chi connectivity index (χ3v) is 1.96. The van der Waals surface area contributed by atoms with Crippen molar-refractivity contribution in [1.82, 2.24) is 4.57 Å². The van der Waals surface area contributed by atoms with Crippen molar-refractivity contribution in [3.05, 3.63) is 36.2 Å². The molecule has 1 rings (SSSR count). The standard InChI is InChI=1S/C10H15N/c1-4-8-11-9(3)6-7-10(11)5-2/h4,6-7H,1,5,8H2,2-3H3. The molecule has 0 aromatic carbocycles. The Morgan fingerprint density at radius 3 is 2.82 bits per heavy atom. The summed E-state index contributed by atoms with van der Waals surface area (Å²) in [5.41, 5.74) is 2.71. The highest BCUT2D eigenvalue weighted by Crippen LogP contribution is 2.08. The summed E-state index contributed by atoms with van der Waals surface area (Å²) in [6, 6.07) is 4.33. The van der Waals surface area contributed by atoms with Crippen LogP contribution in [0.3, 0.4) is 0 Å². The zero-order chi connectivity index (χ0) is 8.27. The molecule has 60 valence electrons. The van der Waals surface area contributed by atoms with Crippen LogP contribution in [0.4, 0.5) is 0 Å². The van der Waals surface area contributed by atoms with Crippen molar-refractivity contribution >= 4 is 0 Å². The molecule has 0 fully saturated rings. The maximum atomic E-state index is 3.73. The van der Waals surface area contributed by atoms with Gasteiger partial charge in [-0.05, 0) is 25.5 Å². The normalized spacial score (nSPS) is 10.0. The summed E-state index contributed by atoms with van der Waals surface area (Å²) in [5.74, 6) is 0. The van der Waals surface area contributed by atoms with E-state index in [-0.39, 0.29) is 0 Å². The minimum atomic E-state index is 0.933. The Kier molecular flexibility index (Phi) is 2.53. The fourth-order valence-corrected chi connectivity index (χ4v) is 1.32. The molecule has 0 spiro atoms. The Labute approximate surface area is 68.4 Å². The van der Waals surface area contributed by atoms with Gasteiger partial charge in [0.1, 0.15) is 0 Å². The molecule has 0 aliphatic rings. The average molecular weight is 149 g/mol. The Morgan fingerprint density at radius 1 is 1.55 bits per heavy atom. The van der Waals surface area contributed by atoms with Crippen molar-refractivity contribution < 1.29 is 0 Å². The van der Waals surface area contributed by atoms with Crippen molar-refractivity contribution in [3.8, 4) is 0 Å². The molecule has 0 aliphatic heterocycles. The second kappa shape index (κ2) is 3.42. The molecule has 0 bridgehead atoms. The first-order valence-electron chi connectivity index (χ1n) is 4.05. The van der Waals surface area contributed by atoms with Gasteiger partial charge in [-0.3, -0.25) is 0 Å². The molecular formula is C10H15N. The van der Waals surface area contributed by atoms with E-state index in [1.54, 1.807) is 0 Å². The van der Waals surface area contributed by atoms with Gasteiger partial charge in [0.15, 0.2) is 0 Å². The number of aromatic nitrogens is 1. The molecule has 0 aliphatic carbocycles. The van der Waals surface area contributed by atoms with E-state index in [9.17, 15) is 0 Å². The lowest BCUT2D eigenvalue weighted by Gasteiger charge is -2.06. The molecule has 1 heteroatoms. The molecule has 0 N–H and O–H groups in total. The zero-order valence-electron chi connectivity index (χ0n) is 7.30. The lowest BCUT2D eigenvalue weighted by Crippen LogP contribution is -2.01. The SMILES string of the molecule is C=CCn1c(C)ccc1CC. The maximum Gasteiger partial charge on any atom is 0.0402 e. The van der Waals surface area contributed by atoms with Gasteiger partial charge >= 0.3 is 0 Å². The van der Waals surface area contributed by atoms with E-state index in [0.29, 0.717) is 0 Å². The fourth-order valence-electron chi connectivity index (χ4n) is 1.32. The van der Waals surface area contributed by atoms with Gasteiger partial charge in [0.2, 0.25) is 0 Å². The lowest BCUT2D eigenvalue weighted by molar-refractivity contribution is 0.744. The number of allylic oxidation sites excluding steroid dienone is 1. The van der Waals surface area contributed by atoms with E-state index >= 15 is 0 Å². The second-order valence-electron chi connectivity index (χ2n) is 2.72. The van der Waals surface area contributed by atoms with Crippen molar-refractivity contribution in [2.24, 2.45) is 0 Å². The van der Waals surface area contributed by atoms with E-state index in [4.69, 9.17) is 0 Å². The van der Waals surface area contributed by atoms with Crippen LogP contribution >= 0.6 is 0 Å². The molecule has 11 heavy (non-hydrogen) atoms. The summed E-state index contributed by atoms with van der Waals surface area (Å²) < 4.78 is 2.28. The molecule has 0 saturated carbocycles. The Hall–Kier alpha value is -0.980. The predicted molar refractivity (Wildman–Crippen MR) is 48.7 cm³/mol. The Bertz CT molecular complexity index is 245. The first-order chi connectivity index (χ1) is 5.29. The summed E-state index contributed by atoms with van der Waals surface area (Å²) in [6.45, 7) is 8.97. The minimum absolute atomic E-state index is 0.933. The van der Waals surface area contributed by atoms with Gasteiger partial charge in [0.25, 0.3) is 0 Å². The molecule has 1 heterocycles. The average Bonchev–Trinajstić information content (AvgIpc) is 2.34. The number of aryl methyl sites for hydroxylation is 2. The third-order valence-electron chi connectivity index (χ3n) is 1.96. The van der Waals surface area contributed by atoms with Crippen LogP contribution in [0.15, 0.2) is 24.8 Å². The number of hydrogen-bond acceptors (Lipinski definition) is 0. The molecule has 1 aromatic rings. The van der Waals surface area contributed by atoms with E-state index < -0.39 is 0 Å². The summed E-state index contributed by atoms with van der Waals surface area (Å²) in [6.07, 6.45) is 3.04. The Balaban J connectivity index is 2.96. The fraction of sp³-hybridized carbons (Fsp3) is 0.400. The first kappa shape index (κ1) is 8.12. The van der Waals surface area contributed by atoms with Crippen molar-refractivity contribution in [2.45, 2.75) is 26.8 Å². The van der Waals surface area contributed by atoms with Crippen molar-refractivity contribution in [3.63, 3.8) is 0 Å². The van der Waals surface area contributed by atoms with Gasteiger partial charge in [0, 0.05) is 17.9 Å². The topological polar surface area (TPSA) is 4.93 Å². The van der Waals surface area contributed by atoms with Crippen LogP contribution < -0.4 is 0 Å². The van der Waals surface area contributed by atoms with Crippen LogP contribution in [0.25, 0.3) is 0 Å². The summed E-state index contributed by atoms with van der Waals surface area (Å²) in [4.78, 5) is 0. The van der Waals surface area contributed by atoms with Gasteiger partial charge in [-0.25, -0.2) is 0 Å². The van der Waals surface area contributed by atoms with E-state index in [2.05, 4.69) is 37.1 Å².